The van der Waals surface area contributed by atoms with Gasteiger partial charge in [0.1, 0.15) is 0 Å². The molecule has 0 atom stereocenters. The van der Waals surface area contributed by atoms with Crippen LogP contribution in [0.1, 0.15) is 193 Å². The van der Waals surface area contributed by atoms with Gasteiger partial charge in [-0.1, -0.05) is 168 Å². The van der Waals surface area contributed by atoms with Crippen molar-refractivity contribution >= 4 is 43.6 Å². The predicted molar refractivity (Wildman–Crippen MR) is 246 cm³/mol. The van der Waals surface area contributed by atoms with E-state index >= 15 is 0 Å². The number of fused-ring (bicyclic) bond motifs is 4. The minimum absolute atomic E-state index is 0.105. The molecule has 0 N–H and O–H groups in total. The third-order valence-electron chi connectivity index (χ3n) is 12.5. The normalized spacial score (nSPS) is 11.9. The van der Waals surface area contributed by atoms with Crippen molar-refractivity contribution in [1.82, 2.24) is 9.13 Å². The lowest BCUT2D eigenvalue weighted by Gasteiger charge is -2.20. The van der Waals surface area contributed by atoms with Crippen LogP contribution < -0.4 is 10.9 Å². The van der Waals surface area contributed by atoms with E-state index in [9.17, 15) is 9.59 Å². The second-order valence-corrected chi connectivity index (χ2v) is 17.1. The van der Waals surface area contributed by atoms with Gasteiger partial charge in [0.2, 0.25) is 0 Å². The van der Waals surface area contributed by atoms with Gasteiger partial charge in [0, 0.05) is 34.6 Å². The molecule has 0 radical (unpaired) electrons. The molecule has 306 valence electrons. The quantitative estimate of drug-likeness (QED) is 0.0376. The van der Waals surface area contributed by atoms with Crippen LogP contribution >= 0.6 is 0 Å². The number of nitrogens with zero attached hydrogens (tertiary/aromatic N) is 2. The highest BCUT2D eigenvalue weighted by atomic mass is 16.1. The number of pyridine rings is 2. The van der Waals surface area contributed by atoms with E-state index in [0.717, 1.165) is 95.2 Å². The molecule has 0 unspecified atom stereocenters. The largest absolute Gasteiger partial charge is 0.340 e. The van der Waals surface area contributed by atoms with E-state index in [-0.39, 0.29) is 10.9 Å². The maximum atomic E-state index is 14.7. The molecule has 0 amide bonds. The summed E-state index contributed by atoms with van der Waals surface area (Å²) >= 11 is 0. The predicted octanol–water partition coefficient (Wildman–Crippen LogP) is 15.1. The molecule has 0 aliphatic carbocycles. The summed E-state index contributed by atoms with van der Waals surface area (Å²) in [5.41, 5.74) is 6.59. The maximum absolute atomic E-state index is 14.7. The summed E-state index contributed by atoms with van der Waals surface area (Å²) in [5.74, 6) is 0. The van der Waals surface area contributed by atoms with Crippen molar-refractivity contribution in [3.05, 3.63) is 80.1 Å². The third kappa shape index (κ3) is 11.8. The molecule has 5 aromatic rings. The first-order valence-corrected chi connectivity index (χ1v) is 23.6. The van der Waals surface area contributed by atoms with E-state index in [1.807, 2.05) is 0 Å². The number of aromatic nitrogens is 2. The van der Waals surface area contributed by atoms with Crippen LogP contribution in [0.15, 0.2) is 58.1 Å². The fourth-order valence-corrected chi connectivity index (χ4v) is 9.05. The van der Waals surface area contributed by atoms with Gasteiger partial charge in [0.15, 0.2) is 10.9 Å². The van der Waals surface area contributed by atoms with Gasteiger partial charge in [-0.15, -0.1) is 0 Å². The van der Waals surface area contributed by atoms with Gasteiger partial charge >= 0.3 is 0 Å². The van der Waals surface area contributed by atoms with E-state index < -0.39 is 0 Å². The first-order valence-electron chi connectivity index (χ1n) is 23.6. The van der Waals surface area contributed by atoms with Gasteiger partial charge in [0.25, 0.3) is 0 Å². The van der Waals surface area contributed by atoms with Crippen LogP contribution in [-0.2, 0) is 25.9 Å². The van der Waals surface area contributed by atoms with Crippen molar-refractivity contribution in [2.45, 2.75) is 208 Å². The smallest absolute Gasteiger partial charge is 0.197 e. The van der Waals surface area contributed by atoms with E-state index in [1.165, 1.54) is 140 Å². The first-order chi connectivity index (χ1) is 27.5. The zero-order valence-corrected chi connectivity index (χ0v) is 36.1. The Balaban J connectivity index is 1.60. The highest BCUT2D eigenvalue weighted by molar-refractivity contribution is 6.04. The lowest BCUT2D eigenvalue weighted by molar-refractivity contribution is 0.569. The van der Waals surface area contributed by atoms with Crippen molar-refractivity contribution in [3.8, 4) is 0 Å². The van der Waals surface area contributed by atoms with Gasteiger partial charge in [0.05, 0.1) is 22.1 Å². The zero-order valence-electron chi connectivity index (χ0n) is 36.1. The molecule has 0 saturated heterocycles. The summed E-state index contributed by atoms with van der Waals surface area (Å²) in [5, 5.41) is 3.16. The number of aryl methyl sites for hydroxylation is 4. The Labute approximate surface area is 339 Å². The summed E-state index contributed by atoms with van der Waals surface area (Å²) in [6.45, 7) is 10.8. The van der Waals surface area contributed by atoms with E-state index in [4.69, 9.17) is 0 Å². The molecule has 0 aliphatic heterocycles. The Morgan fingerprint density at radius 3 is 1.00 bits per heavy atom. The van der Waals surface area contributed by atoms with Crippen LogP contribution in [0.5, 0.6) is 0 Å². The summed E-state index contributed by atoms with van der Waals surface area (Å²) < 4.78 is 4.77. The summed E-state index contributed by atoms with van der Waals surface area (Å²) in [6.07, 6.45) is 31.8. The van der Waals surface area contributed by atoms with E-state index in [2.05, 4.69) is 85.4 Å². The lowest BCUT2D eigenvalue weighted by Crippen LogP contribution is -2.16. The van der Waals surface area contributed by atoms with Crippen molar-refractivity contribution in [2.75, 3.05) is 0 Å². The van der Waals surface area contributed by atoms with Crippen LogP contribution in [0, 0.1) is 0 Å². The third-order valence-corrected chi connectivity index (χ3v) is 12.5. The molecule has 2 heterocycles. The molecule has 2 aromatic heterocycles. The van der Waals surface area contributed by atoms with Crippen molar-refractivity contribution in [2.24, 2.45) is 0 Å². The van der Waals surface area contributed by atoms with Crippen LogP contribution in [0.4, 0.5) is 0 Å². The SMILES string of the molecule is CCCCCCCCc1ccc2c(c1)c(=O)c1cc3c(cc1n2CCCCCCCC)c(=O)c1cc(CCCCCCCC)ccc1n3CCCCCCCC. The summed E-state index contributed by atoms with van der Waals surface area (Å²) in [6, 6.07) is 17.5. The molecular weight excluding hydrogens is 685 g/mol. The molecule has 4 heteroatoms. The second kappa shape index (κ2) is 23.7. The summed E-state index contributed by atoms with van der Waals surface area (Å²) in [7, 11) is 0. The number of unbranched alkanes of at least 4 members (excludes halogenated alkanes) is 20. The summed E-state index contributed by atoms with van der Waals surface area (Å²) in [4.78, 5) is 29.4. The van der Waals surface area contributed by atoms with Gasteiger partial charge in [-0.2, -0.15) is 0 Å². The molecule has 56 heavy (non-hydrogen) atoms. The number of hydrogen-bond donors (Lipinski definition) is 0. The Hall–Kier alpha value is -3.40. The highest BCUT2D eigenvalue weighted by Gasteiger charge is 2.18. The zero-order chi connectivity index (χ0) is 39.5. The molecular formula is C52H76N2O2. The minimum atomic E-state index is 0.105. The van der Waals surface area contributed by atoms with Crippen LogP contribution in [0.2, 0.25) is 0 Å². The van der Waals surface area contributed by atoms with Gasteiger partial charge in [-0.05, 0) is 86.1 Å². The number of hydrogen-bond acceptors (Lipinski definition) is 2. The molecule has 5 rings (SSSR count). The molecule has 0 bridgehead atoms. The standard InChI is InChI=1S/C52H76N2O2/c1-5-9-13-17-21-25-29-41-31-33-47-43(37-41)51(55)45-39-50-46(40-49(45)53(47)35-27-23-19-15-11-7-3)52(56)44-38-42(30-26-22-18-14-10-6-2)32-34-48(44)54(50)36-28-24-20-16-12-8-4/h31-34,37-40H,5-30,35-36H2,1-4H3. The van der Waals surface area contributed by atoms with Crippen LogP contribution in [-0.4, -0.2) is 9.13 Å². The van der Waals surface area contributed by atoms with Crippen molar-refractivity contribution in [3.63, 3.8) is 0 Å². The van der Waals surface area contributed by atoms with Crippen molar-refractivity contribution in [1.29, 1.82) is 0 Å². The Morgan fingerprint density at radius 2 is 0.643 bits per heavy atom. The number of benzene rings is 3. The number of rotatable bonds is 28. The monoisotopic (exact) mass is 761 g/mol. The Morgan fingerprint density at radius 1 is 0.339 bits per heavy atom. The van der Waals surface area contributed by atoms with E-state index in [1.54, 1.807) is 0 Å². The fourth-order valence-electron chi connectivity index (χ4n) is 9.05. The Kier molecular flexibility index (Phi) is 18.5. The first kappa shape index (κ1) is 43.7. The van der Waals surface area contributed by atoms with Gasteiger partial charge in [-0.3, -0.25) is 9.59 Å². The topological polar surface area (TPSA) is 44.0 Å². The molecule has 0 saturated carbocycles. The van der Waals surface area contributed by atoms with Crippen LogP contribution in [0.3, 0.4) is 0 Å². The average Bonchev–Trinajstić information content (AvgIpc) is 3.22. The molecule has 0 fully saturated rings. The minimum Gasteiger partial charge on any atom is -0.340 e. The highest BCUT2D eigenvalue weighted by Crippen LogP contribution is 2.29. The maximum Gasteiger partial charge on any atom is 0.197 e. The lowest BCUT2D eigenvalue weighted by atomic mass is 9.99. The molecule has 3 aromatic carbocycles. The molecule has 0 spiro atoms. The van der Waals surface area contributed by atoms with Gasteiger partial charge < -0.3 is 9.13 Å². The molecule has 0 aliphatic rings. The second-order valence-electron chi connectivity index (χ2n) is 17.1. The van der Waals surface area contributed by atoms with Gasteiger partial charge in [-0.25, -0.2) is 0 Å². The molecule has 4 nitrogen and oxygen atoms in total. The average molecular weight is 761 g/mol. The Bertz CT molecular complexity index is 1920. The van der Waals surface area contributed by atoms with Crippen LogP contribution in [0.25, 0.3) is 43.6 Å². The van der Waals surface area contributed by atoms with E-state index in [0.29, 0.717) is 0 Å². The van der Waals surface area contributed by atoms with Crippen molar-refractivity contribution < 1.29 is 0 Å². The fraction of sp³-hybridized carbons (Fsp3) is 0.615.